The topological polar surface area (TPSA) is 64.7 Å². The van der Waals surface area contributed by atoms with Gasteiger partial charge in [-0.05, 0) is 62.2 Å². The minimum atomic E-state index is -0.106. The summed E-state index contributed by atoms with van der Waals surface area (Å²) >= 11 is 5.99. The maximum Gasteiger partial charge on any atom is 0.253 e. The van der Waals surface area contributed by atoms with Gasteiger partial charge in [0.25, 0.3) is 5.91 Å². The molecule has 6 nitrogen and oxygen atoms in total. The van der Waals surface area contributed by atoms with Crippen molar-refractivity contribution in [2.24, 2.45) is 0 Å². The molecule has 0 aromatic heterocycles. The monoisotopic (exact) mass is 468 g/mol. The van der Waals surface area contributed by atoms with E-state index in [-0.39, 0.29) is 17.9 Å². The van der Waals surface area contributed by atoms with Crippen molar-refractivity contribution in [2.45, 2.75) is 44.7 Å². The van der Waals surface area contributed by atoms with Crippen LogP contribution in [0.5, 0.6) is 0 Å². The predicted octanol–water partition coefficient (Wildman–Crippen LogP) is 4.16. The summed E-state index contributed by atoms with van der Waals surface area (Å²) in [6, 6.07) is 15.5. The van der Waals surface area contributed by atoms with E-state index in [1.54, 1.807) is 12.1 Å². The van der Waals surface area contributed by atoms with Crippen LogP contribution in [0.4, 0.5) is 5.69 Å². The minimum absolute atomic E-state index is 0.0812. The molecule has 7 heteroatoms. The lowest BCUT2D eigenvalue weighted by atomic mass is 10.1. The molecule has 33 heavy (non-hydrogen) atoms. The van der Waals surface area contributed by atoms with Crippen molar-refractivity contribution in [2.75, 3.05) is 38.0 Å². The molecule has 1 heterocycles. The Balaban J connectivity index is 1.28. The molecule has 2 fully saturated rings. The summed E-state index contributed by atoms with van der Waals surface area (Å²) in [7, 11) is 0. The number of nitrogens with one attached hydrogen (secondary N) is 2. The molecule has 0 radical (unpaired) electrons. The Kier molecular flexibility index (Phi) is 8.37. The van der Waals surface area contributed by atoms with Gasteiger partial charge in [0.05, 0.1) is 17.8 Å². The van der Waals surface area contributed by atoms with E-state index in [9.17, 15) is 9.59 Å². The molecule has 1 saturated heterocycles. The van der Waals surface area contributed by atoms with Crippen molar-refractivity contribution in [1.82, 2.24) is 15.1 Å². The van der Waals surface area contributed by atoms with Gasteiger partial charge in [0.15, 0.2) is 0 Å². The van der Waals surface area contributed by atoms with Crippen molar-refractivity contribution < 1.29 is 9.59 Å². The average molecular weight is 469 g/mol. The van der Waals surface area contributed by atoms with Gasteiger partial charge in [-0.15, -0.1) is 0 Å². The quantitative estimate of drug-likeness (QED) is 0.640. The van der Waals surface area contributed by atoms with Crippen LogP contribution in [0.3, 0.4) is 0 Å². The lowest BCUT2D eigenvalue weighted by Gasteiger charge is -2.22. The number of nitrogens with zero attached hydrogens (tertiary/aromatic N) is 2. The molecule has 0 unspecified atom stereocenters. The van der Waals surface area contributed by atoms with Crippen LogP contribution < -0.4 is 10.6 Å². The minimum Gasteiger partial charge on any atom is -0.349 e. The Morgan fingerprint density at radius 3 is 2.36 bits per heavy atom. The summed E-state index contributed by atoms with van der Waals surface area (Å²) in [4.78, 5) is 30.2. The first-order chi connectivity index (χ1) is 16.1. The highest BCUT2D eigenvalue weighted by atomic mass is 35.5. The van der Waals surface area contributed by atoms with Crippen LogP contribution in [0.15, 0.2) is 48.5 Å². The van der Waals surface area contributed by atoms with E-state index < -0.39 is 0 Å². The third-order valence-electron chi connectivity index (χ3n) is 6.50. The zero-order valence-corrected chi connectivity index (χ0v) is 19.8. The van der Waals surface area contributed by atoms with Gasteiger partial charge in [-0.1, -0.05) is 48.7 Å². The molecule has 2 amide bonds. The number of halogens is 1. The number of carbonyl (C=O) groups excluding carboxylic acids is 2. The number of hydrogen-bond donors (Lipinski definition) is 2. The Hall–Kier alpha value is -2.41. The lowest BCUT2D eigenvalue weighted by Crippen LogP contribution is -2.37. The standard InChI is InChI=1S/C26H33ClN4O2/c27-21-12-10-20(11-13-21)18-30-14-5-15-31(17-16-30)19-25(32)29-24-9-4-3-8-23(24)26(33)28-22-6-1-2-7-22/h3-4,8-13,22H,1-2,5-7,14-19H2,(H,28,33)(H,29,32). The van der Waals surface area contributed by atoms with Crippen LogP contribution in [0.25, 0.3) is 0 Å². The Labute approximate surface area is 201 Å². The van der Waals surface area contributed by atoms with E-state index in [0.717, 1.165) is 69.9 Å². The van der Waals surface area contributed by atoms with E-state index in [0.29, 0.717) is 17.8 Å². The van der Waals surface area contributed by atoms with Gasteiger partial charge in [0.2, 0.25) is 5.91 Å². The number of rotatable bonds is 7. The second-order valence-corrected chi connectivity index (χ2v) is 9.52. The van der Waals surface area contributed by atoms with Gasteiger partial charge in [-0.2, -0.15) is 0 Å². The molecule has 1 aliphatic carbocycles. The van der Waals surface area contributed by atoms with Gasteiger partial charge in [-0.3, -0.25) is 19.4 Å². The van der Waals surface area contributed by atoms with E-state index >= 15 is 0 Å². The average Bonchev–Trinajstić information content (AvgIpc) is 3.22. The highest BCUT2D eigenvalue weighted by molar-refractivity contribution is 6.30. The van der Waals surface area contributed by atoms with E-state index in [2.05, 4.69) is 32.6 Å². The fourth-order valence-corrected chi connectivity index (χ4v) is 4.83. The van der Waals surface area contributed by atoms with Gasteiger partial charge in [-0.25, -0.2) is 0 Å². The number of carbonyl (C=O) groups is 2. The molecule has 2 aromatic carbocycles. The van der Waals surface area contributed by atoms with Crippen LogP contribution in [-0.2, 0) is 11.3 Å². The summed E-state index contributed by atoms with van der Waals surface area (Å²) in [5.41, 5.74) is 2.36. The first kappa shape index (κ1) is 23.7. The number of para-hydroxylation sites is 1. The molecule has 1 saturated carbocycles. The first-order valence-electron chi connectivity index (χ1n) is 12.0. The van der Waals surface area contributed by atoms with E-state index in [1.807, 2.05) is 24.3 Å². The van der Waals surface area contributed by atoms with Crippen molar-refractivity contribution in [3.8, 4) is 0 Å². The smallest absolute Gasteiger partial charge is 0.253 e. The summed E-state index contributed by atoms with van der Waals surface area (Å²) in [5, 5.41) is 6.84. The van der Waals surface area contributed by atoms with Crippen LogP contribution in [0.1, 0.15) is 48.0 Å². The molecular formula is C26H33ClN4O2. The Morgan fingerprint density at radius 2 is 1.58 bits per heavy atom. The SMILES string of the molecule is O=C(CN1CCCN(Cc2ccc(Cl)cc2)CC1)Nc1ccccc1C(=O)NC1CCCC1. The first-order valence-corrected chi connectivity index (χ1v) is 12.3. The van der Waals surface area contributed by atoms with Crippen molar-refractivity contribution in [3.05, 3.63) is 64.7 Å². The van der Waals surface area contributed by atoms with Crippen LogP contribution >= 0.6 is 11.6 Å². The maximum atomic E-state index is 12.8. The molecule has 0 atom stereocenters. The number of benzene rings is 2. The Bertz CT molecular complexity index is 944. The van der Waals surface area contributed by atoms with Gasteiger partial charge in [0.1, 0.15) is 0 Å². The molecular weight excluding hydrogens is 436 g/mol. The summed E-state index contributed by atoms with van der Waals surface area (Å²) in [6.45, 7) is 4.86. The third kappa shape index (κ3) is 7.03. The Morgan fingerprint density at radius 1 is 0.879 bits per heavy atom. The number of amides is 2. The molecule has 2 aliphatic rings. The third-order valence-corrected chi connectivity index (χ3v) is 6.76. The van der Waals surface area contributed by atoms with Crippen molar-refractivity contribution in [1.29, 1.82) is 0 Å². The van der Waals surface area contributed by atoms with Crippen LogP contribution in [-0.4, -0.2) is 60.4 Å². The molecule has 0 bridgehead atoms. The normalized spacial score (nSPS) is 18.1. The van der Waals surface area contributed by atoms with Crippen LogP contribution in [0.2, 0.25) is 5.02 Å². The zero-order chi connectivity index (χ0) is 23.0. The summed E-state index contributed by atoms with van der Waals surface area (Å²) < 4.78 is 0. The molecule has 0 spiro atoms. The predicted molar refractivity (Wildman–Crippen MR) is 133 cm³/mol. The molecule has 1 aliphatic heterocycles. The highest BCUT2D eigenvalue weighted by Crippen LogP contribution is 2.20. The highest BCUT2D eigenvalue weighted by Gasteiger charge is 2.21. The maximum absolute atomic E-state index is 12.8. The number of hydrogen-bond acceptors (Lipinski definition) is 4. The van der Waals surface area contributed by atoms with E-state index in [1.165, 1.54) is 5.56 Å². The number of anilines is 1. The fraction of sp³-hybridized carbons (Fsp3) is 0.462. The van der Waals surface area contributed by atoms with E-state index in [4.69, 9.17) is 11.6 Å². The molecule has 176 valence electrons. The summed E-state index contributed by atoms with van der Waals surface area (Å²) in [5.74, 6) is -0.187. The second kappa shape index (κ2) is 11.6. The van der Waals surface area contributed by atoms with Crippen molar-refractivity contribution >= 4 is 29.1 Å². The zero-order valence-electron chi connectivity index (χ0n) is 19.1. The molecule has 2 N–H and O–H groups in total. The van der Waals surface area contributed by atoms with Gasteiger partial charge in [0, 0.05) is 30.7 Å². The summed E-state index contributed by atoms with van der Waals surface area (Å²) in [6.07, 6.45) is 5.41. The second-order valence-electron chi connectivity index (χ2n) is 9.08. The largest absolute Gasteiger partial charge is 0.349 e. The lowest BCUT2D eigenvalue weighted by molar-refractivity contribution is -0.117. The van der Waals surface area contributed by atoms with Gasteiger partial charge < -0.3 is 10.6 Å². The molecule has 2 aromatic rings. The van der Waals surface area contributed by atoms with Crippen molar-refractivity contribution in [3.63, 3.8) is 0 Å². The van der Waals surface area contributed by atoms with Crippen LogP contribution in [0, 0.1) is 0 Å². The fourth-order valence-electron chi connectivity index (χ4n) is 4.70. The molecule has 4 rings (SSSR count). The van der Waals surface area contributed by atoms with Gasteiger partial charge >= 0.3 is 0 Å².